The van der Waals surface area contributed by atoms with Gasteiger partial charge in [0.2, 0.25) is 5.65 Å². The van der Waals surface area contributed by atoms with Gasteiger partial charge in [-0.1, -0.05) is 11.3 Å². The molecule has 5 heterocycles. The van der Waals surface area contributed by atoms with E-state index in [0.717, 1.165) is 35.3 Å². The maximum atomic E-state index is 12.8. The molecule has 1 amide bonds. The molecule has 9 nitrogen and oxygen atoms in total. The fourth-order valence-electron chi connectivity index (χ4n) is 3.46. The van der Waals surface area contributed by atoms with Gasteiger partial charge in [0.1, 0.15) is 11.2 Å². The van der Waals surface area contributed by atoms with Crippen molar-refractivity contribution in [3.8, 4) is 5.13 Å². The molecule has 0 aromatic carbocycles. The molecule has 0 aliphatic carbocycles. The van der Waals surface area contributed by atoms with Gasteiger partial charge in [-0.05, 0) is 25.5 Å². The van der Waals surface area contributed by atoms with Crippen LogP contribution in [0.2, 0.25) is 0 Å². The lowest BCUT2D eigenvalue weighted by atomic mass is 10.2. The van der Waals surface area contributed by atoms with E-state index < -0.39 is 0 Å². The number of fused-ring (bicyclic) bond motifs is 1. The second-order valence-electron chi connectivity index (χ2n) is 6.72. The first-order valence-electron chi connectivity index (χ1n) is 9.00. The van der Waals surface area contributed by atoms with Crippen LogP contribution in [0.25, 0.3) is 10.8 Å². The highest BCUT2D eigenvalue weighted by Crippen LogP contribution is 2.24. The maximum Gasteiger partial charge on any atom is 0.263 e. The average molecular weight is 394 g/mol. The van der Waals surface area contributed by atoms with Crippen LogP contribution in [0.4, 0.5) is 5.82 Å². The van der Waals surface area contributed by atoms with Gasteiger partial charge < -0.3 is 14.8 Å². The third kappa shape index (κ3) is 2.91. The van der Waals surface area contributed by atoms with E-state index in [2.05, 4.69) is 30.4 Å². The Morgan fingerprint density at radius 1 is 1.29 bits per heavy atom. The van der Waals surface area contributed by atoms with E-state index in [9.17, 15) is 4.79 Å². The fourth-order valence-corrected chi connectivity index (χ4v) is 4.39. The first kappa shape index (κ1) is 16.9. The molecular weight excluding hydrogens is 376 g/mol. The minimum Gasteiger partial charge on any atom is -0.351 e. The molecular formula is C18H18N8OS. The van der Waals surface area contributed by atoms with Crippen LogP contribution in [0.5, 0.6) is 0 Å². The summed E-state index contributed by atoms with van der Waals surface area (Å²) in [6.07, 6.45) is 9.92. The van der Waals surface area contributed by atoms with E-state index >= 15 is 0 Å². The van der Waals surface area contributed by atoms with Crippen molar-refractivity contribution >= 4 is 28.7 Å². The Morgan fingerprint density at radius 3 is 3.00 bits per heavy atom. The van der Waals surface area contributed by atoms with Crippen molar-refractivity contribution in [1.29, 1.82) is 0 Å². The van der Waals surface area contributed by atoms with E-state index in [1.807, 2.05) is 46.6 Å². The number of anilines is 1. The number of aromatic nitrogens is 6. The van der Waals surface area contributed by atoms with Gasteiger partial charge in [0.25, 0.3) is 5.91 Å². The first-order valence-corrected chi connectivity index (χ1v) is 9.81. The predicted octanol–water partition coefficient (Wildman–Crippen LogP) is 1.69. The summed E-state index contributed by atoms with van der Waals surface area (Å²) < 4.78 is 3.76. The zero-order valence-corrected chi connectivity index (χ0v) is 16.0. The normalized spacial score (nSPS) is 16.8. The van der Waals surface area contributed by atoms with Crippen LogP contribution >= 0.6 is 11.3 Å². The number of nitrogens with one attached hydrogen (secondary N) is 1. The lowest BCUT2D eigenvalue weighted by molar-refractivity contribution is 0.0943. The van der Waals surface area contributed by atoms with Crippen LogP contribution in [0, 0.1) is 6.92 Å². The molecule has 5 rings (SSSR count). The van der Waals surface area contributed by atoms with Crippen LogP contribution in [0.15, 0.2) is 43.2 Å². The number of amides is 1. The van der Waals surface area contributed by atoms with Crippen molar-refractivity contribution < 1.29 is 4.79 Å². The second kappa shape index (κ2) is 6.71. The molecule has 1 saturated heterocycles. The molecule has 1 aliphatic heterocycles. The molecule has 10 heteroatoms. The zero-order valence-electron chi connectivity index (χ0n) is 15.2. The van der Waals surface area contributed by atoms with Gasteiger partial charge >= 0.3 is 0 Å². The van der Waals surface area contributed by atoms with Crippen LogP contribution in [0.3, 0.4) is 0 Å². The summed E-state index contributed by atoms with van der Waals surface area (Å²) in [5.74, 6) is 0.717. The Labute approximate surface area is 164 Å². The molecule has 0 saturated carbocycles. The lowest BCUT2D eigenvalue weighted by Crippen LogP contribution is -2.37. The quantitative estimate of drug-likeness (QED) is 0.566. The molecule has 1 fully saturated rings. The van der Waals surface area contributed by atoms with E-state index in [1.165, 1.54) is 11.3 Å². The van der Waals surface area contributed by atoms with E-state index in [0.29, 0.717) is 11.4 Å². The molecule has 0 unspecified atom stereocenters. The molecule has 1 N–H and O–H groups in total. The van der Waals surface area contributed by atoms with Crippen molar-refractivity contribution in [2.24, 2.45) is 0 Å². The summed E-state index contributed by atoms with van der Waals surface area (Å²) in [7, 11) is 0. The first-order chi connectivity index (χ1) is 13.7. The summed E-state index contributed by atoms with van der Waals surface area (Å²) in [4.78, 5) is 24.6. The van der Waals surface area contributed by atoms with Crippen molar-refractivity contribution in [3.05, 3.63) is 53.8 Å². The molecule has 1 aliphatic rings. The molecule has 4 aromatic heterocycles. The predicted molar refractivity (Wildman–Crippen MR) is 105 cm³/mol. The lowest BCUT2D eigenvalue weighted by Gasteiger charge is -2.18. The number of nitrogens with zero attached hydrogens (tertiary/aromatic N) is 7. The molecule has 4 aromatic rings. The van der Waals surface area contributed by atoms with Crippen LogP contribution in [-0.2, 0) is 0 Å². The van der Waals surface area contributed by atoms with Crippen molar-refractivity contribution in [1.82, 2.24) is 34.4 Å². The molecule has 0 radical (unpaired) electrons. The molecule has 0 spiro atoms. The molecule has 1 atom stereocenters. The number of thiazole rings is 1. The van der Waals surface area contributed by atoms with Gasteiger partial charge in [0.05, 0.1) is 5.69 Å². The number of rotatable bonds is 4. The van der Waals surface area contributed by atoms with Gasteiger partial charge in [-0.3, -0.25) is 9.20 Å². The second-order valence-corrected chi connectivity index (χ2v) is 7.70. The number of carbonyl (C=O) groups is 1. The Morgan fingerprint density at radius 2 is 2.14 bits per heavy atom. The highest BCUT2D eigenvalue weighted by molar-refractivity contribution is 7.16. The standard InChI is InChI=1S/C18H18N8OS/c1-12-14(28-18(21-12)24-6-2-3-7-24)17(27)22-13-4-8-25(10-13)15-16-23-20-11-26(16)9-5-19-15/h2-3,5-7,9,11,13H,4,8,10H2,1H3,(H,22,27)/t13-/m0/s1. The minimum absolute atomic E-state index is 0.0500. The molecule has 28 heavy (non-hydrogen) atoms. The van der Waals surface area contributed by atoms with Gasteiger partial charge in [-0.2, -0.15) is 0 Å². The van der Waals surface area contributed by atoms with Gasteiger partial charge in [0.15, 0.2) is 10.9 Å². The maximum absolute atomic E-state index is 12.8. The Balaban J connectivity index is 1.30. The Kier molecular flexibility index (Phi) is 4.05. The zero-order chi connectivity index (χ0) is 19.1. The van der Waals surface area contributed by atoms with Crippen molar-refractivity contribution in [2.75, 3.05) is 18.0 Å². The van der Waals surface area contributed by atoms with Crippen molar-refractivity contribution in [2.45, 2.75) is 19.4 Å². The summed E-state index contributed by atoms with van der Waals surface area (Å²) in [6, 6.07) is 3.93. The van der Waals surface area contributed by atoms with E-state index in [-0.39, 0.29) is 11.9 Å². The number of hydrogen-bond acceptors (Lipinski definition) is 7. The third-order valence-electron chi connectivity index (χ3n) is 4.84. The largest absolute Gasteiger partial charge is 0.351 e. The molecule has 142 valence electrons. The fraction of sp³-hybridized carbons (Fsp3) is 0.278. The van der Waals surface area contributed by atoms with E-state index in [4.69, 9.17) is 0 Å². The van der Waals surface area contributed by atoms with Crippen LogP contribution in [-0.4, -0.2) is 54.2 Å². The Hall–Kier alpha value is -3.27. The highest BCUT2D eigenvalue weighted by Gasteiger charge is 2.28. The monoisotopic (exact) mass is 394 g/mol. The SMILES string of the molecule is Cc1nc(-n2cccc2)sc1C(=O)N[C@H]1CCN(c2nccn3cnnc23)C1. The average Bonchev–Trinajstić information content (AvgIpc) is 3.47. The summed E-state index contributed by atoms with van der Waals surface area (Å²) in [5, 5.41) is 12.0. The van der Waals surface area contributed by atoms with Gasteiger partial charge in [-0.25, -0.2) is 9.97 Å². The summed E-state index contributed by atoms with van der Waals surface area (Å²) in [5.41, 5.74) is 1.47. The van der Waals surface area contributed by atoms with E-state index in [1.54, 1.807) is 12.5 Å². The van der Waals surface area contributed by atoms with Gasteiger partial charge in [0, 0.05) is 43.9 Å². The number of aryl methyl sites for hydroxylation is 1. The molecule has 0 bridgehead atoms. The van der Waals surface area contributed by atoms with Crippen LogP contribution in [0.1, 0.15) is 21.8 Å². The van der Waals surface area contributed by atoms with Crippen molar-refractivity contribution in [3.63, 3.8) is 0 Å². The smallest absolute Gasteiger partial charge is 0.263 e. The van der Waals surface area contributed by atoms with Gasteiger partial charge in [-0.15, -0.1) is 10.2 Å². The number of carbonyl (C=O) groups excluding carboxylic acids is 1. The highest BCUT2D eigenvalue weighted by atomic mass is 32.1. The number of hydrogen-bond donors (Lipinski definition) is 1. The third-order valence-corrected chi connectivity index (χ3v) is 6.01. The van der Waals surface area contributed by atoms with Crippen LogP contribution < -0.4 is 10.2 Å². The topological polar surface area (TPSA) is 93.2 Å². The minimum atomic E-state index is -0.0751. The summed E-state index contributed by atoms with van der Waals surface area (Å²) >= 11 is 1.40. The summed E-state index contributed by atoms with van der Waals surface area (Å²) in [6.45, 7) is 3.36. The Bertz CT molecular complexity index is 1130.